The molecule has 0 saturated heterocycles. The molecule has 0 spiro atoms. The van der Waals surface area contributed by atoms with Crippen molar-refractivity contribution in [2.45, 2.75) is 45.1 Å². The zero-order chi connectivity index (χ0) is 13.5. The second-order valence-corrected chi connectivity index (χ2v) is 4.87. The van der Waals surface area contributed by atoms with Crippen molar-refractivity contribution < 1.29 is 4.74 Å². The predicted molar refractivity (Wildman–Crippen MR) is 76.2 cm³/mol. The molecular weight excluding hydrogens is 238 g/mol. The van der Waals surface area contributed by atoms with Crippen molar-refractivity contribution in [2.75, 3.05) is 13.7 Å². The van der Waals surface area contributed by atoms with Gasteiger partial charge in [-0.2, -0.15) is 0 Å². The number of allylic oxidation sites excluding steroid dienone is 1. The summed E-state index contributed by atoms with van der Waals surface area (Å²) in [5.74, 6) is 0.629. The summed E-state index contributed by atoms with van der Waals surface area (Å²) in [4.78, 5) is 8.71. The average molecular weight is 261 g/mol. The highest BCUT2D eigenvalue weighted by molar-refractivity contribution is 5.23. The van der Waals surface area contributed by atoms with Crippen LogP contribution >= 0.6 is 0 Å². The van der Waals surface area contributed by atoms with E-state index in [0.717, 1.165) is 18.7 Å². The van der Waals surface area contributed by atoms with E-state index in [0.29, 0.717) is 5.88 Å². The molecule has 1 heterocycles. The Kier molecular flexibility index (Phi) is 5.33. The van der Waals surface area contributed by atoms with Gasteiger partial charge in [-0.15, -0.1) is 0 Å². The van der Waals surface area contributed by atoms with Crippen molar-refractivity contribution in [1.29, 1.82) is 0 Å². The minimum absolute atomic E-state index is 0.193. The molecule has 0 radical (unpaired) electrons. The van der Waals surface area contributed by atoms with Crippen molar-refractivity contribution >= 4 is 0 Å². The Morgan fingerprint density at radius 3 is 2.84 bits per heavy atom. The summed E-state index contributed by atoms with van der Waals surface area (Å²) < 4.78 is 5.33. The van der Waals surface area contributed by atoms with Crippen molar-refractivity contribution in [3.63, 3.8) is 0 Å². The van der Waals surface area contributed by atoms with Crippen LogP contribution in [0.1, 0.15) is 50.8 Å². The van der Waals surface area contributed by atoms with Gasteiger partial charge in [-0.1, -0.05) is 18.6 Å². The quantitative estimate of drug-likeness (QED) is 0.800. The average Bonchev–Trinajstić information content (AvgIpc) is 2.48. The van der Waals surface area contributed by atoms with Gasteiger partial charge in [0.2, 0.25) is 5.88 Å². The maximum absolute atomic E-state index is 5.33. The lowest BCUT2D eigenvalue weighted by Gasteiger charge is -2.22. The van der Waals surface area contributed by atoms with Crippen molar-refractivity contribution in [3.8, 4) is 5.88 Å². The molecule has 1 aliphatic carbocycles. The minimum atomic E-state index is 0.193. The van der Waals surface area contributed by atoms with E-state index in [1.807, 2.05) is 0 Å². The molecule has 0 bridgehead atoms. The number of nitrogens with zero attached hydrogens (tertiary/aromatic N) is 2. The van der Waals surface area contributed by atoms with E-state index in [-0.39, 0.29) is 6.04 Å². The van der Waals surface area contributed by atoms with Crippen molar-refractivity contribution in [2.24, 2.45) is 0 Å². The van der Waals surface area contributed by atoms with Gasteiger partial charge >= 0.3 is 0 Å². The van der Waals surface area contributed by atoms with Gasteiger partial charge in [0.15, 0.2) is 0 Å². The highest BCUT2D eigenvalue weighted by Gasteiger charge is 2.19. The molecule has 19 heavy (non-hydrogen) atoms. The zero-order valence-corrected chi connectivity index (χ0v) is 11.9. The Morgan fingerprint density at radius 2 is 2.16 bits per heavy atom. The van der Waals surface area contributed by atoms with E-state index in [2.05, 4.69) is 28.3 Å². The van der Waals surface area contributed by atoms with Crippen LogP contribution in [0.5, 0.6) is 5.88 Å². The van der Waals surface area contributed by atoms with Gasteiger partial charge in [0.05, 0.1) is 13.2 Å². The molecule has 1 atom stereocenters. The summed E-state index contributed by atoms with van der Waals surface area (Å²) in [7, 11) is 1.65. The standard InChI is InChI=1S/C15H23N3O/c1-3-16-13(11-12-7-5-4-6-8-12)14-15(19-2)18-10-9-17-14/h7,9-10,13,16H,3-6,8,11H2,1-2H3. The van der Waals surface area contributed by atoms with E-state index >= 15 is 0 Å². The van der Waals surface area contributed by atoms with Crippen LogP contribution in [0.25, 0.3) is 0 Å². The summed E-state index contributed by atoms with van der Waals surface area (Å²) in [5.41, 5.74) is 2.45. The monoisotopic (exact) mass is 261 g/mol. The van der Waals surface area contributed by atoms with Gasteiger partial charge in [0.1, 0.15) is 5.69 Å². The Bertz CT molecular complexity index is 431. The largest absolute Gasteiger partial charge is 0.480 e. The predicted octanol–water partition coefficient (Wildman–Crippen LogP) is 3.03. The summed E-state index contributed by atoms with van der Waals surface area (Å²) >= 11 is 0. The SMILES string of the molecule is CCNC(CC1=CCCCC1)c1nccnc1OC. The normalized spacial score (nSPS) is 16.8. The number of methoxy groups -OCH3 is 1. The first kappa shape index (κ1) is 14.0. The van der Waals surface area contributed by atoms with Crippen molar-refractivity contribution in [3.05, 3.63) is 29.7 Å². The van der Waals surface area contributed by atoms with Crippen LogP contribution in [-0.2, 0) is 0 Å². The second kappa shape index (κ2) is 7.24. The molecule has 4 heteroatoms. The van der Waals surface area contributed by atoms with Gasteiger partial charge in [0, 0.05) is 12.4 Å². The van der Waals surface area contributed by atoms with E-state index < -0.39 is 0 Å². The molecule has 1 N–H and O–H groups in total. The summed E-state index contributed by atoms with van der Waals surface area (Å²) in [5, 5.41) is 3.50. The lowest BCUT2D eigenvalue weighted by molar-refractivity contribution is 0.376. The highest BCUT2D eigenvalue weighted by Crippen LogP contribution is 2.29. The molecule has 4 nitrogen and oxygen atoms in total. The van der Waals surface area contributed by atoms with Crippen LogP contribution in [0.15, 0.2) is 24.0 Å². The number of hydrogen-bond acceptors (Lipinski definition) is 4. The fraction of sp³-hybridized carbons (Fsp3) is 0.600. The molecule has 2 rings (SSSR count). The van der Waals surface area contributed by atoms with Gasteiger partial charge in [-0.3, -0.25) is 4.98 Å². The van der Waals surface area contributed by atoms with Gasteiger partial charge in [-0.05, 0) is 38.6 Å². The fourth-order valence-electron chi connectivity index (χ4n) is 2.60. The molecule has 0 amide bonds. The lowest BCUT2D eigenvalue weighted by atomic mass is 9.93. The van der Waals surface area contributed by atoms with Gasteiger partial charge in [0.25, 0.3) is 0 Å². The molecule has 0 saturated carbocycles. The van der Waals surface area contributed by atoms with Crippen LogP contribution in [-0.4, -0.2) is 23.6 Å². The van der Waals surface area contributed by atoms with E-state index in [4.69, 9.17) is 4.74 Å². The zero-order valence-electron chi connectivity index (χ0n) is 11.9. The summed E-state index contributed by atoms with van der Waals surface area (Å²) in [6.07, 6.45) is 11.9. The van der Waals surface area contributed by atoms with Crippen LogP contribution in [0, 0.1) is 0 Å². The Morgan fingerprint density at radius 1 is 1.32 bits per heavy atom. The first-order chi connectivity index (χ1) is 9.35. The maximum atomic E-state index is 5.33. The fourth-order valence-corrected chi connectivity index (χ4v) is 2.60. The highest BCUT2D eigenvalue weighted by atomic mass is 16.5. The minimum Gasteiger partial charge on any atom is -0.480 e. The third-order valence-corrected chi connectivity index (χ3v) is 3.52. The molecule has 1 unspecified atom stereocenters. The Labute approximate surface area is 115 Å². The van der Waals surface area contributed by atoms with E-state index in [9.17, 15) is 0 Å². The first-order valence-corrected chi connectivity index (χ1v) is 7.11. The van der Waals surface area contributed by atoms with Crippen LogP contribution in [0.3, 0.4) is 0 Å². The third kappa shape index (κ3) is 3.77. The van der Waals surface area contributed by atoms with Crippen LogP contribution < -0.4 is 10.1 Å². The maximum Gasteiger partial charge on any atom is 0.237 e. The molecule has 0 aromatic carbocycles. The number of hydrogen-bond donors (Lipinski definition) is 1. The van der Waals surface area contributed by atoms with Gasteiger partial charge < -0.3 is 10.1 Å². The summed E-state index contributed by atoms with van der Waals surface area (Å²) in [6.45, 7) is 3.03. The topological polar surface area (TPSA) is 47.0 Å². The third-order valence-electron chi connectivity index (χ3n) is 3.52. The molecular formula is C15H23N3O. The van der Waals surface area contributed by atoms with E-state index in [1.54, 1.807) is 19.5 Å². The number of rotatable bonds is 6. The number of nitrogens with one attached hydrogen (secondary N) is 1. The molecule has 104 valence electrons. The van der Waals surface area contributed by atoms with Gasteiger partial charge in [-0.25, -0.2) is 4.98 Å². The van der Waals surface area contributed by atoms with Crippen LogP contribution in [0.2, 0.25) is 0 Å². The molecule has 0 fully saturated rings. The second-order valence-electron chi connectivity index (χ2n) is 4.87. The molecule has 0 aliphatic heterocycles. The number of ether oxygens (including phenoxy) is 1. The molecule has 1 aromatic rings. The lowest BCUT2D eigenvalue weighted by Crippen LogP contribution is -2.23. The van der Waals surface area contributed by atoms with Crippen LogP contribution in [0.4, 0.5) is 0 Å². The van der Waals surface area contributed by atoms with Crippen molar-refractivity contribution in [1.82, 2.24) is 15.3 Å². The Hall–Kier alpha value is -1.42. The van der Waals surface area contributed by atoms with E-state index in [1.165, 1.54) is 31.3 Å². The molecule has 1 aromatic heterocycles. The Balaban J connectivity index is 2.16. The number of aromatic nitrogens is 2. The smallest absolute Gasteiger partial charge is 0.237 e. The first-order valence-electron chi connectivity index (χ1n) is 7.11. The summed E-state index contributed by atoms with van der Waals surface area (Å²) in [6, 6.07) is 0.193. The molecule has 1 aliphatic rings.